The first-order valence-electron chi connectivity index (χ1n) is 4.53. The Kier molecular flexibility index (Phi) is 3.91. The van der Waals surface area contributed by atoms with Crippen molar-refractivity contribution in [3.05, 3.63) is 24.5 Å². The predicted molar refractivity (Wildman–Crippen MR) is 51.2 cm³/mol. The quantitative estimate of drug-likeness (QED) is 0.777. The number of ether oxygens (including phenoxy) is 1. The smallest absolute Gasteiger partial charge is 0.344 e. The summed E-state index contributed by atoms with van der Waals surface area (Å²) < 4.78 is 5.25. The molecule has 76 valence electrons. The standard InChI is InChI=1S/C10H13NO3/c1-2-4-9(10(12)13)14-8-5-3-6-11-7-8/h3,5-7,9H,2,4H2,1H3,(H,12,13). The van der Waals surface area contributed by atoms with Gasteiger partial charge in [0.1, 0.15) is 5.75 Å². The molecular weight excluding hydrogens is 182 g/mol. The lowest BCUT2D eigenvalue weighted by Gasteiger charge is -2.13. The summed E-state index contributed by atoms with van der Waals surface area (Å²) in [6.45, 7) is 1.92. The molecule has 0 aliphatic heterocycles. The molecule has 0 saturated carbocycles. The number of carboxylic acid groups (broad SMARTS) is 1. The first-order chi connectivity index (χ1) is 6.74. The number of hydrogen-bond acceptors (Lipinski definition) is 3. The molecule has 0 bridgehead atoms. The van der Waals surface area contributed by atoms with Crippen LogP contribution in [0.5, 0.6) is 5.75 Å². The summed E-state index contributed by atoms with van der Waals surface area (Å²) in [5.74, 6) is -0.441. The Morgan fingerprint density at radius 2 is 2.50 bits per heavy atom. The average Bonchev–Trinajstić information content (AvgIpc) is 2.18. The zero-order valence-corrected chi connectivity index (χ0v) is 8.01. The minimum atomic E-state index is -0.935. The van der Waals surface area contributed by atoms with Crippen LogP contribution in [0.4, 0.5) is 0 Å². The number of hydrogen-bond donors (Lipinski definition) is 1. The summed E-state index contributed by atoms with van der Waals surface area (Å²) in [5.41, 5.74) is 0. The fourth-order valence-electron chi connectivity index (χ4n) is 1.08. The van der Waals surface area contributed by atoms with Crippen LogP contribution >= 0.6 is 0 Å². The number of pyridine rings is 1. The fourth-order valence-corrected chi connectivity index (χ4v) is 1.08. The van der Waals surface area contributed by atoms with Gasteiger partial charge < -0.3 is 9.84 Å². The van der Waals surface area contributed by atoms with E-state index in [2.05, 4.69) is 4.98 Å². The van der Waals surface area contributed by atoms with E-state index in [-0.39, 0.29) is 0 Å². The highest BCUT2D eigenvalue weighted by molar-refractivity contribution is 5.72. The second-order valence-corrected chi connectivity index (χ2v) is 2.92. The van der Waals surface area contributed by atoms with E-state index in [0.717, 1.165) is 6.42 Å². The molecule has 14 heavy (non-hydrogen) atoms. The van der Waals surface area contributed by atoms with Gasteiger partial charge >= 0.3 is 5.97 Å². The Bertz CT molecular complexity index is 287. The maximum Gasteiger partial charge on any atom is 0.344 e. The van der Waals surface area contributed by atoms with E-state index in [0.29, 0.717) is 12.2 Å². The van der Waals surface area contributed by atoms with Crippen LogP contribution in [0.25, 0.3) is 0 Å². The Hall–Kier alpha value is -1.58. The van der Waals surface area contributed by atoms with Crippen molar-refractivity contribution in [1.82, 2.24) is 4.98 Å². The van der Waals surface area contributed by atoms with Crippen LogP contribution in [0.15, 0.2) is 24.5 Å². The van der Waals surface area contributed by atoms with E-state index in [4.69, 9.17) is 9.84 Å². The third kappa shape index (κ3) is 3.05. The van der Waals surface area contributed by atoms with Crippen LogP contribution in [-0.4, -0.2) is 22.2 Å². The first-order valence-corrected chi connectivity index (χ1v) is 4.53. The molecule has 0 saturated heterocycles. The molecule has 1 unspecified atom stereocenters. The molecule has 1 N–H and O–H groups in total. The van der Waals surface area contributed by atoms with Crippen molar-refractivity contribution in [2.24, 2.45) is 0 Å². The average molecular weight is 195 g/mol. The van der Waals surface area contributed by atoms with Crippen molar-refractivity contribution in [3.8, 4) is 5.75 Å². The Morgan fingerprint density at radius 1 is 1.71 bits per heavy atom. The molecular formula is C10H13NO3. The highest BCUT2D eigenvalue weighted by atomic mass is 16.5. The van der Waals surface area contributed by atoms with E-state index in [1.807, 2.05) is 6.92 Å². The summed E-state index contributed by atoms with van der Waals surface area (Å²) in [4.78, 5) is 14.6. The molecule has 0 amide bonds. The SMILES string of the molecule is CCCC(Oc1cccnc1)C(=O)O. The van der Waals surface area contributed by atoms with Gasteiger partial charge in [0.05, 0.1) is 6.20 Å². The Labute approximate surface area is 82.5 Å². The normalized spacial score (nSPS) is 12.1. The van der Waals surface area contributed by atoms with Crippen molar-refractivity contribution >= 4 is 5.97 Å². The number of aromatic nitrogens is 1. The van der Waals surface area contributed by atoms with Gasteiger partial charge in [-0.25, -0.2) is 4.79 Å². The molecule has 1 heterocycles. The van der Waals surface area contributed by atoms with Crippen molar-refractivity contribution in [2.75, 3.05) is 0 Å². The largest absolute Gasteiger partial charge is 0.479 e. The molecule has 1 atom stereocenters. The topological polar surface area (TPSA) is 59.4 Å². The minimum Gasteiger partial charge on any atom is -0.479 e. The van der Waals surface area contributed by atoms with Gasteiger partial charge in [0.25, 0.3) is 0 Å². The van der Waals surface area contributed by atoms with E-state index in [9.17, 15) is 4.79 Å². The van der Waals surface area contributed by atoms with Crippen LogP contribution < -0.4 is 4.74 Å². The summed E-state index contributed by atoms with van der Waals surface area (Å²) in [6, 6.07) is 3.40. The molecule has 1 rings (SSSR count). The predicted octanol–water partition coefficient (Wildman–Crippen LogP) is 1.71. The third-order valence-corrected chi connectivity index (χ3v) is 1.74. The van der Waals surface area contributed by atoms with Gasteiger partial charge in [-0.1, -0.05) is 13.3 Å². The minimum absolute atomic E-state index is 0.494. The molecule has 0 aliphatic carbocycles. The van der Waals surface area contributed by atoms with Gasteiger partial charge in [-0.3, -0.25) is 4.98 Å². The number of carboxylic acids is 1. The second-order valence-electron chi connectivity index (χ2n) is 2.92. The molecule has 0 fully saturated rings. The maximum atomic E-state index is 10.7. The summed E-state index contributed by atoms with van der Waals surface area (Å²) >= 11 is 0. The molecule has 0 aliphatic rings. The van der Waals surface area contributed by atoms with E-state index < -0.39 is 12.1 Å². The van der Waals surface area contributed by atoms with Crippen molar-refractivity contribution in [2.45, 2.75) is 25.9 Å². The number of aliphatic carboxylic acids is 1. The number of nitrogens with zero attached hydrogens (tertiary/aromatic N) is 1. The van der Waals surface area contributed by atoms with Crippen molar-refractivity contribution < 1.29 is 14.6 Å². The molecule has 0 aromatic carbocycles. The molecule has 4 nitrogen and oxygen atoms in total. The maximum absolute atomic E-state index is 10.7. The molecule has 0 spiro atoms. The zero-order chi connectivity index (χ0) is 10.4. The summed E-state index contributed by atoms with van der Waals surface area (Å²) in [7, 11) is 0. The van der Waals surface area contributed by atoms with E-state index >= 15 is 0 Å². The van der Waals surface area contributed by atoms with Gasteiger partial charge in [-0.05, 0) is 18.6 Å². The molecule has 1 aromatic rings. The lowest BCUT2D eigenvalue weighted by molar-refractivity contribution is -0.145. The first kappa shape index (κ1) is 10.5. The van der Waals surface area contributed by atoms with Crippen LogP contribution in [0.1, 0.15) is 19.8 Å². The van der Waals surface area contributed by atoms with Gasteiger partial charge in [0, 0.05) is 6.20 Å². The highest BCUT2D eigenvalue weighted by Gasteiger charge is 2.17. The lowest BCUT2D eigenvalue weighted by atomic mass is 10.2. The monoisotopic (exact) mass is 195 g/mol. The number of carbonyl (C=O) groups is 1. The van der Waals surface area contributed by atoms with Crippen molar-refractivity contribution in [1.29, 1.82) is 0 Å². The highest BCUT2D eigenvalue weighted by Crippen LogP contribution is 2.12. The summed E-state index contributed by atoms with van der Waals surface area (Å²) in [6.07, 6.45) is 3.62. The summed E-state index contributed by atoms with van der Waals surface area (Å²) in [5, 5.41) is 8.82. The Morgan fingerprint density at radius 3 is 3.00 bits per heavy atom. The van der Waals surface area contributed by atoms with E-state index in [1.165, 1.54) is 6.20 Å². The van der Waals surface area contributed by atoms with Crippen LogP contribution in [-0.2, 0) is 4.79 Å². The molecule has 0 radical (unpaired) electrons. The van der Waals surface area contributed by atoms with Crippen LogP contribution in [0, 0.1) is 0 Å². The fraction of sp³-hybridized carbons (Fsp3) is 0.400. The van der Waals surface area contributed by atoms with Gasteiger partial charge in [0.2, 0.25) is 0 Å². The van der Waals surface area contributed by atoms with Gasteiger partial charge in [-0.15, -0.1) is 0 Å². The lowest BCUT2D eigenvalue weighted by Crippen LogP contribution is -2.26. The van der Waals surface area contributed by atoms with Crippen LogP contribution in [0.3, 0.4) is 0 Å². The Balaban J connectivity index is 2.60. The zero-order valence-electron chi connectivity index (χ0n) is 8.01. The molecule has 4 heteroatoms. The van der Waals surface area contributed by atoms with Gasteiger partial charge in [0.15, 0.2) is 6.10 Å². The van der Waals surface area contributed by atoms with Crippen molar-refractivity contribution in [3.63, 3.8) is 0 Å². The molecule has 1 aromatic heterocycles. The van der Waals surface area contributed by atoms with Crippen LogP contribution in [0.2, 0.25) is 0 Å². The number of rotatable bonds is 5. The second kappa shape index (κ2) is 5.21. The van der Waals surface area contributed by atoms with Gasteiger partial charge in [-0.2, -0.15) is 0 Å². The van der Waals surface area contributed by atoms with E-state index in [1.54, 1.807) is 18.3 Å². The third-order valence-electron chi connectivity index (χ3n) is 1.74.